The van der Waals surface area contributed by atoms with E-state index in [9.17, 15) is 18.7 Å². The van der Waals surface area contributed by atoms with Gasteiger partial charge in [0.25, 0.3) is 0 Å². The number of rotatable bonds is 7. The van der Waals surface area contributed by atoms with Crippen molar-refractivity contribution in [2.24, 2.45) is 0 Å². The summed E-state index contributed by atoms with van der Waals surface area (Å²) in [6.07, 6.45) is 4.60. The maximum Gasteiger partial charge on any atom is 0.315 e. The summed E-state index contributed by atoms with van der Waals surface area (Å²) in [5.74, 6) is -0.939. The molecule has 176 valence electrons. The lowest BCUT2D eigenvalue weighted by Crippen LogP contribution is -2.39. The van der Waals surface area contributed by atoms with Crippen LogP contribution < -0.4 is 15.0 Å². The molecule has 1 aliphatic carbocycles. The lowest BCUT2D eigenvalue weighted by molar-refractivity contribution is -0.140. The van der Waals surface area contributed by atoms with Gasteiger partial charge in [0.1, 0.15) is 17.3 Å². The van der Waals surface area contributed by atoms with Gasteiger partial charge in [-0.3, -0.25) is 4.79 Å². The van der Waals surface area contributed by atoms with Crippen molar-refractivity contribution in [3.8, 4) is 5.75 Å². The van der Waals surface area contributed by atoms with Crippen LogP contribution in [-0.2, 0) is 14.9 Å². The summed E-state index contributed by atoms with van der Waals surface area (Å²) >= 11 is 0. The van der Waals surface area contributed by atoms with E-state index in [0.717, 1.165) is 12.5 Å². The average molecular weight is 460 g/mol. The molecular formula is C23H26F2N4O4. The number of carboxylic acids is 1. The second-order valence-electron chi connectivity index (χ2n) is 8.90. The molecular weight excluding hydrogens is 434 g/mol. The number of piperidine rings is 1. The molecule has 0 bridgehead atoms. The Morgan fingerprint density at radius 1 is 1.24 bits per heavy atom. The lowest BCUT2D eigenvalue weighted by Gasteiger charge is -2.34. The van der Waals surface area contributed by atoms with Crippen LogP contribution in [0, 0.1) is 11.6 Å². The van der Waals surface area contributed by atoms with E-state index in [1.807, 2.05) is 0 Å². The SMILES string of the molecule is O=C(O)C1(c2cnc(N3CCC(Oc4ccc(F)cc4F)CC3)c(N[C@@H]3CCOC3)n2)CC1. The van der Waals surface area contributed by atoms with E-state index in [1.54, 1.807) is 6.20 Å². The molecule has 0 amide bonds. The zero-order valence-electron chi connectivity index (χ0n) is 18.1. The summed E-state index contributed by atoms with van der Waals surface area (Å²) in [6, 6.07) is 3.40. The molecule has 1 atom stereocenters. The first-order valence-corrected chi connectivity index (χ1v) is 11.3. The van der Waals surface area contributed by atoms with Gasteiger partial charge in [-0.05, 0) is 31.4 Å². The molecule has 2 aliphatic heterocycles. The van der Waals surface area contributed by atoms with Gasteiger partial charge in [0.15, 0.2) is 23.2 Å². The molecule has 0 spiro atoms. The highest BCUT2D eigenvalue weighted by molar-refractivity contribution is 5.84. The van der Waals surface area contributed by atoms with E-state index >= 15 is 0 Å². The Bertz CT molecular complexity index is 1040. The van der Waals surface area contributed by atoms with Crippen molar-refractivity contribution in [2.45, 2.75) is 49.7 Å². The second-order valence-corrected chi connectivity index (χ2v) is 8.90. The van der Waals surface area contributed by atoms with Gasteiger partial charge in [-0.25, -0.2) is 18.7 Å². The van der Waals surface area contributed by atoms with Gasteiger partial charge in [0.05, 0.1) is 24.5 Å². The third-order valence-corrected chi connectivity index (χ3v) is 6.60. The Kier molecular flexibility index (Phi) is 5.77. The van der Waals surface area contributed by atoms with Crippen LogP contribution in [0.2, 0.25) is 0 Å². The van der Waals surface area contributed by atoms with Crippen LogP contribution in [-0.4, -0.2) is 59.5 Å². The average Bonchev–Trinajstić information content (AvgIpc) is 3.47. The minimum atomic E-state index is -0.936. The van der Waals surface area contributed by atoms with Crippen molar-refractivity contribution in [3.05, 3.63) is 41.7 Å². The summed E-state index contributed by atoms with van der Waals surface area (Å²) < 4.78 is 38.3. The third-order valence-electron chi connectivity index (χ3n) is 6.60. The van der Waals surface area contributed by atoms with E-state index in [2.05, 4.69) is 15.2 Å². The number of aliphatic carboxylic acids is 1. The molecule has 2 saturated heterocycles. The van der Waals surface area contributed by atoms with E-state index < -0.39 is 23.0 Å². The lowest BCUT2D eigenvalue weighted by atomic mass is 10.0. The first-order valence-electron chi connectivity index (χ1n) is 11.3. The van der Waals surface area contributed by atoms with E-state index in [-0.39, 0.29) is 17.9 Å². The van der Waals surface area contributed by atoms with Crippen molar-refractivity contribution >= 4 is 17.6 Å². The fourth-order valence-electron chi connectivity index (χ4n) is 4.42. The van der Waals surface area contributed by atoms with Crippen LogP contribution in [0.3, 0.4) is 0 Å². The smallest absolute Gasteiger partial charge is 0.315 e. The Morgan fingerprint density at radius 3 is 2.67 bits per heavy atom. The number of carbonyl (C=O) groups is 1. The first kappa shape index (κ1) is 21.8. The van der Waals surface area contributed by atoms with Gasteiger partial charge in [0.2, 0.25) is 0 Å². The van der Waals surface area contributed by atoms with Crippen LogP contribution in [0.1, 0.15) is 37.8 Å². The van der Waals surface area contributed by atoms with Gasteiger partial charge < -0.3 is 24.8 Å². The molecule has 3 heterocycles. The van der Waals surface area contributed by atoms with Crippen molar-refractivity contribution in [1.82, 2.24) is 9.97 Å². The van der Waals surface area contributed by atoms with Crippen molar-refractivity contribution in [2.75, 3.05) is 36.5 Å². The summed E-state index contributed by atoms with van der Waals surface area (Å²) in [7, 11) is 0. The van der Waals surface area contributed by atoms with Crippen molar-refractivity contribution in [1.29, 1.82) is 0 Å². The predicted octanol–water partition coefficient (Wildman–Crippen LogP) is 3.12. The highest BCUT2D eigenvalue weighted by Gasteiger charge is 2.53. The van der Waals surface area contributed by atoms with Gasteiger partial charge in [-0.1, -0.05) is 0 Å². The molecule has 8 nitrogen and oxygen atoms in total. The van der Waals surface area contributed by atoms with Crippen LogP contribution in [0.25, 0.3) is 0 Å². The minimum absolute atomic E-state index is 0.0472. The number of carboxylic acid groups (broad SMARTS) is 1. The molecule has 33 heavy (non-hydrogen) atoms. The molecule has 0 radical (unpaired) electrons. The number of benzene rings is 1. The topological polar surface area (TPSA) is 96.8 Å². The van der Waals surface area contributed by atoms with Crippen LogP contribution in [0.15, 0.2) is 24.4 Å². The van der Waals surface area contributed by atoms with Crippen LogP contribution in [0.4, 0.5) is 20.4 Å². The standard InChI is InChI=1S/C23H26F2N4O4/c24-14-1-2-18(17(25)11-14)33-16-3-8-29(9-4-16)21-20(27-15-5-10-32-13-15)28-19(12-26-21)23(6-7-23)22(30)31/h1-2,11-12,15-16H,3-10,13H2,(H,27,28)(H,30,31)/t15-/m1/s1. The molecule has 3 fully saturated rings. The highest BCUT2D eigenvalue weighted by atomic mass is 19.1. The molecule has 3 aliphatic rings. The summed E-state index contributed by atoms with van der Waals surface area (Å²) in [6.45, 7) is 2.46. The Balaban J connectivity index is 1.31. The molecule has 1 saturated carbocycles. The third kappa shape index (κ3) is 4.44. The fourth-order valence-corrected chi connectivity index (χ4v) is 4.42. The van der Waals surface area contributed by atoms with Crippen LogP contribution >= 0.6 is 0 Å². The second kappa shape index (κ2) is 8.74. The minimum Gasteiger partial charge on any atom is -0.487 e. The van der Waals surface area contributed by atoms with Crippen molar-refractivity contribution in [3.63, 3.8) is 0 Å². The number of ether oxygens (including phenoxy) is 2. The predicted molar refractivity (Wildman–Crippen MR) is 116 cm³/mol. The number of hydrogen-bond acceptors (Lipinski definition) is 7. The highest BCUT2D eigenvalue weighted by Crippen LogP contribution is 2.48. The molecule has 2 N–H and O–H groups in total. The number of halogens is 2. The van der Waals surface area contributed by atoms with Crippen molar-refractivity contribution < 1.29 is 28.2 Å². The zero-order valence-corrected chi connectivity index (χ0v) is 18.1. The normalized spacial score (nSPS) is 22.2. The van der Waals surface area contributed by atoms with E-state index in [0.29, 0.717) is 69.3 Å². The molecule has 10 heteroatoms. The molecule has 1 aromatic carbocycles. The quantitative estimate of drug-likeness (QED) is 0.651. The number of hydrogen-bond donors (Lipinski definition) is 2. The van der Waals surface area contributed by atoms with E-state index in [1.165, 1.54) is 12.1 Å². The first-order chi connectivity index (χ1) is 15.9. The fraction of sp³-hybridized carbons (Fsp3) is 0.522. The van der Waals surface area contributed by atoms with Gasteiger partial charge in [0, 0.05) is 38.6 Å². The molecule has 2 aromatic rings. The summed E-state index contributed by atoms with van der Waals surface area (Å²) in [5, 5.41) is 13.1. The van der Waals surface area contributed by atoms with Crippen LogP contribution in [0.5, 0.6) is 5.75 Å². The summed E-state index contributed by atoms with van der Waals surface area (Å²) in [5.41, 5.74) is -0.459. The Morgan fingerprint density at radius 2 is 2.03 bits per heavy atom. The maximum atomic E-state index is 13.9. The number of nitrogens with zero attached hydrogens (tertiary/aromatic N) is 3. The molecule has 5 rings (SSSR count). The number of nitrogens with one attached hydrogen (secondary N) is 1. The molecule has 1 aromatic heterocycles. The van der Waals surface area contributed by atoms with Gasteiger partial charge in [-0.15, -0.1) is 0 Å². The maximum absolute atomic E-state index is 13.9. The number of anilines is 2. The Hall–Kier alpha value is -3.01. The zero-order chi connectivity index (χ0) is 23.0. The van der Waals surface area contributed by atoms with Gasteiger partial charge in [-0.2, -0.15) is 0 Å². The monoisotopic (exact) mass is 460 g/mol. The summed E-state index contributed by atoms with van der Waals surface area (Å²) in [4.78, 5) is 23.2. The number of aromatic nitrogens is 2. The Labute approximate surface area is 189 Å². The molecule has 0 unspecified atom stereocenters. The van der Waals surface area contributed by atoms with E-state index in [4.69, 9.17) is 14.5 Å². The van der Waals surface area contributed by atoms with Gasteiger partial charge >= 0.3 is 5.97 Å². The largest absolute Gasteiger partial charge is 0.487 e.